The molecule has 1 unspecified atom stereocenters. The van der Waals surface area contributed by atoms with E-state index in [0.29, 0.717) is 0 Å². The van der Waals surface area contributed by atoms with Gasteiger partial charge in [-0.25, -0.2) is 0 Å². The third-order valence-electron chi connectivity index (χ3n) is 2.41. The van der Waals surface area contributed by atoms with Gasteiger partial charge in [0.25, 0.3) is 0 Å². The van der Waals surface area contributed by atoms with Crippen LogP contribution in [0.2, 0.25) is 0 Å². The summed E-state index contributed by atoms with van der Waals surface area (Å²) in [4.78, 5) is 11.3. The fourth-order valence-corrected chi connectivity index (χ4v) is 1.55. The van der Waals surface area contributed by atoms with Crippen LogP contribution in [0.4, 0.5) is 0 Å². The number of nitrogens with two attached hydrogens (primary N) is 1. The van der Waals surface area contributed by atoms with E-state index in [0.717, 1.165) is 9.13 Å². The van der Waals surface area contributed by atoms with Crippen molar-refractivity contribution in [2.24, 2.45) is 5.73 Å². The lowest BCUT2D eigenvalue weighted by Crippen LogP contribution is -2.48. The predicted octanol–water partition coefficient (Wildman–Crippen LogP) is 1.21. The van der Waals surface area contributed by atoms with Crippen molar-refractivity contribution in [1.82, 2.24) is 5.32 Å². The second kappa shape index (κ2) is 4.27. The molecular weight excluding hydrogens is 291 g/mol. The number of primary amides is 1. The van der Waals surface area contributed by atoms with E-state index < -0.39 is 5.54 Å². The van der Waals surface area contributed by atoms with Crippen LogP contribution in [0.15, 0.2) is 24.3 Å². The van der Waals surface area contributed by atoms with Gasteiger partial charge in [-0.3, -0.25) is 4.79 Å². The Labute approximate surface area is 97.2 Å². The molecule has 3 nitrogen and oxygen atoms in total. The molecule has 1 atom stereocenters. The van der Waals surface area contributed by atoms with Gasteiger partial charge >= 0.3 is 0 Å². The third-order valence-corrected chi connectivity index (χ3v) is 3.13. The van der Waals surface area contributed by atoms with Gasteiger partial charge in [0.2, 0.25) is 5.91 Å². The molecule has 4 heteroatoms. The van der Waals surface area contributed by atoms with E-state index in [1.54, 1.807) is 14.0 Å². The van der Waals surface area contributed by atoms with Crippen LogP contribution in [-0.2, 0) is 10.3 Å². The summed E-state index contributed by atoms with van der Waals surface area (Å²) < 4.78 is 1.13. The van der Waals surface area contributed by atoms with E-state index in [-0.39, 0.29) is 5.91 Å². The molecular formula is C10H13IN2O. The topological polar surface area (TPSA) is 55.1 Å². The van der Waals surface area contributed by atoms with Crippen molar-refractivity contribution in [3.63, 3.8) is 0 Å². The van der Waals surface area contributed by atoms with Gasteiger partial charge in [0.15, 0.2) is 0 Å². The lowest BCUT2D eigenvalue weighted by molar-refractivity contribution is -0.123. The SMILES string of the molecule is CNC(C)(C(N)=O)c1ccc(I)cc1. The van der Waals surface area contributed by atoms with Gasteiger partial charge in [-0.05, 0) is 54.3 Å². The van der Waals surface area contributed by atoms with Crippen LogP contribution in [0.3, 0.4) is 0 Å². The van der Waals surface area contributed by atoms with Gasteiger partial charge in [0, 0.05) is 3.57 Å². The Morgan fingerprint density at radius 3 is 2.29 bits per heavy atom. The fraction of sp³-hybridized carbons (Fsp3) is 0.300. The molecule has 0 bridgehead atoms. The first-order valence-corrected chi connectivity index (χ1v) is 5.33. The summed E-state index contributed by atoms with van der Waals surface area (Å²) in [5, 5.41) is 2.94. The van der Waals surface area contributed by atoms with Crippen LogP contribution >= 0.6 is 22.6 Å². The first-order valence-electron chi connectivity index (χ1n) is 4.25. The standard InChI is InChI=1S/C10H13IN2O/c1-10(13-2,9(12)14)7-3-5-8(11)6-4-7/h3-6,13H,1-2H3,(H2,12,14). The number of nitrogens with one attached hydrogen (secondary N) is 1. The first-order chi connectivity index (χ1) is 6.50. The van der Waals surface area contributed by atoms with Gasteiger partial charge in [-0.2, -0.15) is 0 Å². The Balaban J connectivity index is 3.13. The molecule has 0 aliphatic heterocycles. The number of carbonyl (C=O) groups is 1. The molecule has 0 aromatic heterocycles. The lowest BCUT2D eigenvalue weighted by atomic mass is 9.92. The van der Waals surface area contributed by atoms with Gasteiger partial charge in [0.05, 0.1) is 0 Å². The van der Waals surface area contributed by atoms with Crippen molar-refractivity contribution in [3.8, 4) is 0 Å². The molecule has 0 heterocycles. The van der Waals surface area contributed by atoms with Gasteiger partial charge in [-0.1, -0.05) is 12.1 Å². The highest BCUT2D eigenvalue weighted by molar-refractivity contribution is 14.1. The minimum atomic E-state index is -0.787. The van der Waals surface area contributed by atoms with Crippen LogP contribution in [-0.4, -0.2) is 13.0 Å². The summed E-state index contributed by atoms with van der Waals surface area (Å²) in [6, 6.07) is 7.72. The van der Waals surface area contributed by atoms with Gasteiger partial charge < -0.3 is 11.1 Å². The number of benzene rings is 1. The monoisotopic (exact) mass is 304 g/mol. The Kier molecular flexibility index (Phi) is 3.49. The Hall–Kier alpha value is -0.620. The van der Waals surface area contributed by atoms with Crippen LogP contribution in [0.25, 0.3) is 0 Å². The average molecular weight is 304 g/mol. The van der Waals surface area contributed by atoms with E-state index in [1.807, 2.05) is 24.3 Å². The smallest absolute Gasteiger partial charge is 0.242 e. The normalized spacial score (nSPS) is 14.8. The van der Waals surface area contributed by atoms with Crippen LogP contribution in [0.5, 0.6) is 0 Å². The summed E-state index contributed by atoms with van der Waals surface area (Å²) in [6.45, 7) is 1.78. The van der Waals surface area contributed by atoms with Gasteiger partial charge in [0.1, 0.15) is 5.54 Å². The zero-order valence-electron chi connectivity index (χ0n) is 8.17. The molecule has 0 aliphatic rings. The summed E-state index contributed by atoms with van der Waals surface area (Å²) in [6.07, 6.45) is 0. The summed E-state index contributed by atoms with van der Waals surface area (Å²) in [7, 11) is 1.72. The molecule has 0 saturated heterocycles. The largest absolute Gasteiger partial charge is 0.368 e. The number of halogens is 1. The molecule has 0 radical (unpaired) electrons. The predicted molar refractivity (Wildman–Crippen MR) is 64.8 cm³/mol. The summed E-state index contributed by atoms with van der Waals surface area (Å²) in [5.41, 5.74) is 5.44. The second-order valence-corrected chi connectivity index (χ2v) is 4.49. The number of likely N-dealkylation sites (N-methyl/N-ethyl adjacent to an activating group) is 1. The molecule has 0 saturated carbocycles. The maximum absolute atomic E-state index is 11.3. The second-order valence-electron chi connectivity index (χ2n) is 3.25. The number of carbonyl (C=O) groups excluding carboxylic acids is 1. The van der Waals surface area contributed by atoms with Crippen molar-refractivity contribution in [3.05, 3.63) is 33.4 Å². The number of rotatable bonds is 3. The molecule has 1 aromatic carbocycles. The van der Waals surface area contributed by atoms with Crippen molar-refractivity contribution < 1.29 is 4.79 Å². The maximum atomic E-state index is 11.3. The quantitative estimate of drug-likeness (QED) is 0.825. The highest BCUT2D eigenvalue weighted by Crippen LogP contribution is 2.20. The molecule has 14 heavy (non-hydrogen) atoms. The lowest BCUT2D eigenvalue weighted by Gasteiger charge is -2.25. The minimum Gasteiger partial charge on any atom is -0.368 e. The molecule has 0 spiro atoms. The zero-order valence-corrected chi connectivity index (χ0v) is 10.3. The van der Waals surface area contributed by atoms with Crippen LogP contribution in [0, 0.1) is 3.57 Å². The minimum absolute atomic E-state index is 0.374. The number of hydrogen-bond donors (Lipinski definition) is 2. The molecule has 3 N–H and O–H groups in total. The molecule has 1 aromatic rings. The Morgan fingerprint density at radius 1 is 1.43 bits per heavy atom. The Bertz CT molecular complexity index is 336. The average Bonchev–Trinajstić information content (AvgIpc) is 2.17. The molecule has 1 amide bonds. The van der Waals surface area contributed by atoms with Crippen LogP contribution < -0.4 is 11.1 Å². The fourth-order valence-electron chi connectivity index (χ4n) is 1.19. The summed E-state index contributed by atoms with van der Waals surface area (Å²) in [5.74, 6) is -0.374. The van der Waals surface area contributed by atoms with E-state index in [4.69, 9.17) is 5.73 Å². The van der Waals surface area contributed by atoms with Gasteiger partial charge in [-0.15, -0.1) is 0 Å². The highest BCUT2D eigenvalue weighted by Gasteiger charge is 2.30. The summed E-state index contributed by atoms with van der Waals surface area (Å²) >= 11 is 2.22. The van der Waals surface area contributed by atoms with Crippen molar-refractivity contribution in [2.75, 3.05) is 7.05 Å². The maximum Gasteiger partial charge on any atom is 0.242 e. The van der Waals surface area contributed by atoms with Crippen molar-refractivity contribution in [2.45, 2.75) is 12.5 Å². The van der Waals surface area contributed by atoms with E-state index in [2.05, 4.69) is 27.9 Å². The van der Waals surface area contributed by atoms with Crippen LogP contribution in [0.1, 0.15) is 12.5 Å². The van der Waals surface area contributed by atoms with Crippen molar-refractivity contribution in [1.29, 1.82) is 0 Å². The molecule has 76 valence electrons. The van der Waals surface area contributed by atoms with Crippen molar-refractivity contribution >= 4 is 28.5 Å². The third kappa shape index (κ3) is 2.06. The van der Waals surface area contributed by atoms with E-state index >= 15 is 0 Å². The Morgan fingerprint density at radius 2 is 1.93 bits per heavy atom. The molecule has 0 fully saturated rings. The van der Waals surface area contributed by atoms with E-state index in [9.17, 15) is 4.79 Å². The number of amides is 1. The van der Waals surface area contributed by atoms with E-state index in [1.165, 1.54) is 0 Å². The zero-order chi connectivity index (χ0) is 10.8. The first kappa shape index (κ1) is 11.5. The number of hydrogen-bond acceptors (Lipinski definition) is 2. The highest BCUT2D eigenvalue weighted by atomic mass is 127. The molecule has 0 aliphatic carbocycles. The molecule has 1 rings (SSSR count).